The zero-order chi connectivity index (χ0) is 21.1. The molecule has 28 heavy (non-hydrogen) atoms. The molecule has 1 saturated carbocycles. The van der Waals surface area contributed by atoms with E-state index in [0.717, 1.165) is 18.8 Å². The summed E-state index contributed by atoms with van der Waals surface area (Å²) in [4.78, 5) is 21.6. The van der Waals surface area contributed by atoms with Gasteiger partial charge in [0.1, 0.15) is 5.78 Å². The third-order valence-corrected chi connectivity index (χ3v) is 7.87. The predicted octanol–water partition coefficient (Wildman–Crippen LogP) is 6.86. The molecule has 0 aromatic carbocycles. The largest absolute Gasteiger partial charge is 0.300 e. The lowest BCUT2D eigenvalue weighted by atomic mass is 9.50. The van der Waals surface area contributed by atoms with Crippen LogP contribution in [-0.2, 0) is 9.59 Å². The van der Waals surface area contributed by atoms with Gasteiger partial charge in [0.2, 0.25) is 0 Å². The molecular formula is C26H40O2. The SMILES string of the molecule is CC.CC1CC=C2C3C=CC4=CC(=O)CCC4(C)C3CCC21C.CCC(C)=O. The molecule has 0 radical (unpaired) electrons. The first kappa shape index (κ1) is 22.8. The molecular weight excluding hydrogens is 344 g/mol. The van der Waals surface area contributed by atoms with E-state index in [2.05, 4.69) is 39.0 Å². The zero-order valence-corrected chi connectivity index (χ0v) is 19.1. The molecule has 4 aliphatic rings. The number of rotatable bonds is 1. The van der Waals surface area contributed by atoms with Crippen molar-refractivity contribution in [2.75, 3.05) is 0 Å². The summed E-state index contributed by atoms with van der Waals surface area (Å²) in [7, 11) is 0. The van der Waals surface area contributed by atoms with E-state index in [-0.39, 0.29) is 11.2 Å². The summed E-state index contributed by atoms with van der Waals surface area (Å²) in [6.07, 6.45) is 15.5. The molecule has 0 amide bonds. The molecule has 0 N–H and O–H groups in total. The minimum atomic E-state index is 0.224. The van der Waals surface area contributed by atoms with Gasteiger partial charge in [-0.3, -0.25) is 4.79 Å². The van der Waals surface area contributed by atoms with Crippen molar-refractivity contribution in [2.45, 2.75) is 87.0 Å². The van der Waals surface area contributed by atoms with E-state index < -0.39 is 0 Å². The van der Waals surface area contributed by atoms with Crippen molar-refractivity contribution in [3.8, 4) is 0 Å². The molecule has 4 aliphatic carbocycles. The third-order valence-electron chi connectivity index (χ3n) is 7.87. The molecule has 0 aromatic heterocycles. The quantitative estimate of drug-likeness (QED) is 0.463. The summed E-state index contributed by atoms with van der Waals surface area (Å²) in [5.74, 6) is 2.68. The van der Waals surface area contributed by atoms with Crippen LogP contribution in [0.3, 0.4) is 0 Å². The molecule has 0 aromatic rings. The number of carbonyl (C=O) groups excluding carboxylic acids is 2. The van der Waals surface area contributed by atoms with E-state index in [4.69, 9.17) is 0 Å². The van der Waals surface area contributed by atoms with Crippen molar-refractivity contribution < 1.29 is 9.59 Å². The molecule has 0 bridgehead atoms. The fourth-order valence-electron chi connectivity index (χ4n) is 5.58. The molecule has 156 valence electrons. The highest BCUT2D eigenvalue weighted by atomic mass is 16.1. The number of ketones is 2. The summed E-state index contributed by atoms with van der Waals surface area (Å²) in [5.41, 5.74) is 3.66. The first-order valence-electron chi connectivity index (χ1n) is 11.4. The lowest BCUT2D eigenvalue weighted by molar-refractivity contribution is -0.117. The smallest absolute Gasteiger partial charge is 0.156 e. The Bertz CT molecular complexity index is 695. The lowest BCUT2D eigenvalue weighted by Crippen LogP contribution is -2.45. The van der Waals surface area contributed by atoms with Crippen molar-refractivity contribution in [1.29, 1.82) is 0 Å². The highest BCUT2D eigenvalue weighted by Crippen LogP contribution is 2.63. The summed E-state index contributed by atoms with van der Waals surface area (Å²) in [5, 5.41) is 0. The maximum atomic E-state index is 11.8. The number of carbonyl (C=O) groups is 2. The molecule has 0 spiro atoms. The number of allylic oxidation sites excluding steroid dienone is 6. The molecule has 0 heterocycles. The van der Waals surface area contributed by atoms with Crippen LogP contribution in [0.5, 0.6) is 0 Å². The Morgan fingerprint density at radius 2 is 1.82 bits per heavy atom. The molecule has 5 atom stereocenters. The van der Waals surface area contributed by atoms with Crippen molar-refractivity contribution in [3.63, 3.8) is 0 Å². The van der Waals surface area contributed by atoms with Crippen LogP contribution < -0.4 is 0 Å². The Kier molecular flexibility index (Phi) is 7.28. The summed E-state index contributed by atoms with van der Waals surface area (Å²) >= 11 is 0. The topological polar surface area (TPSA) is 34.1 Å². The monoisotopic (exact) mass is 384 g/mol. The maximum absolute atomic E-state index is 11.8. The van der Waals surface area contributed by atoms with Crippen molar-refractivity contribution in [1.82, 2.24) is 0 Å². The molecule has 5 unspecified atom stereocenters. The Balaban J connectivity index is 0.000000352. The van der Waals surface area contributed by atoms with E-state index in [1.165, 1.54) is 24.8 Å². The number of hydrogen-bond donors (Lipinski definition) is 0. The normalized spacial score (nSPS) is 37.7. The van der Waals surface area contributed by atoms with Gasteiger partial charge in [0.25, 0.3) is 0 Å². The van der Waals surface area contributed by atoms with Gasteiger partial charge in [-0.2, -0.15) is 0 Å². The highest BCUT2D eigenvalue weighted by Gasteiger charge is 2.53. The van der Waals surface area contributed by atoms with E-state index in [1.54, 1.807) is 12.5 Å². The molecule has 2 nitrogen and oxygen atoms in total. The second-order valence-corrected chi connectivity index (χ2v) is 9.28. The van der Waals surface area contributed by atoms with Crippen LogP contribution in [0, 0.1) is 28.6 Å². The van der Waals surface area contributed by atoms with Crippen LogP contribution in [0.4, 0.5) is 0 Å². The van der Waals surface area contributed by atoms with Crippen LogP contribution in [-0.4, -0.2) is 11.6 Å². The number of Topliss-reactive ketones (excluding diaryl/α,β-unsaturated/α-hetero) is 1. The van der Waals surface area contributed by atoms with Gasteiger partial charge < -0.3 is 4.79 Å². The van der Waals surface area contributed by atoms with E-state index >= 15 is 0 Å². The van der Waals surface area contributed by atoms with Crippen molar-refractivity contribution in [3.05, 3.63) is 35.5 Å². The van der Waals surface area contributed by atoms with Gasteiger partial charge in [0, 0.05) is 18.8 Å². The van der Waals surface area contributed by atoms with Crippen LogP contribution in [0.25, 0.3) is 0 Å². The number of hydrogen-bond acceptors (Lipinski definition) is 2. The second kappa shape index (κ2) is 8.93. The zero-order valence-electron chi connectivity index (χ0n) is 19.1. The molecule has 1 fully saturated rings. The molecule has 4 rings (SSSR count). The van der Waals surface area contributed by atoms with Crippen LogP contribution >= 0.6 is 0 Å². The predicted molar refractivity (Wildman–Crippen MR) is 118 cm³/mol. The highest BCUT2D eigenvalue weighted by molar-refractivity contribution is 5.92. The minimum Gasteiger partial charge on any atom is -0.300 e. The third kappa shape index (κ3) is 3.98. The van der Waals surface area contributed by atoms with Crippen LogP contribution in [0.2, 0.25) is 0 Å². The minimum absolute atomic E-state index is 0.224. The Morgan fingerprint density at radius 1 is 1.18 bits per heavy atom. The van der Waals surface area contributed by atoms with E-state index in [9.17, 15) is 9.59 Å². The first-order chi connectivity index (χ1) is 13.2. The maximum Gasteiger partial charge on any atom is 0.156 e. The van der Waals surface area contributed by atoms with E-state index in [1.807, 2.05) is 26.8 Å². The first-order valence-corrected chi connectivity index (χ1v) is 11.4. The summed E-state index contributed by atoms with van der Waals surface area (Å²) in [6, 6.07) is 0. The Labute approximate surface area is 172 Å². The van der Waals surface area contributed by atoms with Gasteiger partial charge in [-0.05, 0) is 66.9 Å². The molecule has 0 saturated heterocycles. The van der Waals surface area contributed by atoms with Gasteiger partial charge in [0.15, 0.2) is 5.78 Å². The Morgan fingerprint density at radius 3 is 2.43 bits per heavy atom. The van der Waals surface area contributed by atoms with Crippen molar-refractivity contribution in [2.24, 2.45) is 28.6 Å². The summed E-state index contributed by atoms with van der Waals surface area (Å²) < 4.78 is 0. The van der Waals surface area contributed by atoms with Gasteiger partial charge in [-0.15, -0.1) is 0 Å². The van der Waals surface area contributed by atoms with Gasteiger partial charge in [-0.1, -0.05) is 65.3 Å². The molecule has 2 heteroatoms. The standard InChI is InChI=1S/C20H26O.C4H8O.C2H6/c1-13-4-7-17-16-6-5-14-12-15(21)8-10-20(14,3)18(16)9-11-19(13,17)2;1-3-4(2)5;1-2/h5-7,12-13,16,18H,4,8-11H2,1-3H3;3H2,1-2H3;1-2H3. The lowest BCUT2D eigenvalue weighted by Gasteiger charge is -2.54. The van der Waals surface area contributed by atoms with Gasteiger partial charge in [-0.25, -0.2) is 0 Å². The number of fused-ring (bicyclic) bond motifs is 5. The average molecular weight is 385 g/mol. The van der Waals surface area contributed by atoms with Gasteiger partial charge >= 0.3 is 0 Å². The second-order valence-electron chi connectivity index (χ2n) is 9.28. The van der Waals surface area contributed by atoms with E-state index in [0.29, 0.717) is 29.5 Å². The Hall–Kier alpha value is -1.44. The van der Waals surface area contributed by atoms with Crippen molar-refractivity contribution >= 4 is 11.6 Å². The fraction of sp³-hybridized carbons (Fsp3) is 0.692. The van der Waals surface area contributed by atoms with Crippen LogP contribution in [0.1, 0.15) is 87.0 Å². The van der Waals surface area contributed by atoms with Crippen LogP contribution in [0.15, 0.2) is 35.5 Å². The molecule has 0 aliphatic heterocycles. The van der Waals surface area contributed by atoms with Gasteiger partial charge in [0.05, 0.1) is 0 Å². The summed E-state index contributed by atoms with van der Waals surface area (Å²) in [6.45, 7) is 14.7. The average Bonchev–Trinajstić information content (AvgIpc) is 2.99. The fourth-order valence-corrected chi connectivity index (χ4v) is 5.58.